The van der Waals surface area contributed by atoms with Crippen molar-refractivity contribution in [1.29, 1.82) is 0 Å². The number of rotatable bonds is 5. The summed E-state index contributed by atoms with van der Waals surface area (Å²) in [7, 11) is 1.40. The topological polar surface area (TPSA) is 54.0 Å². The van der Waals surface area contributed by atoms with Gasteiger partial charge < -0.3 is 18.9 Å². The molecule has 2 aliphatic rings. The van der Waals surface area contributed by atoms with Gasteiger partial charge in [0.25, 0.3) is 0 Å². The molecule has 2 rings (SSSR count). The summed E-state index contributed by atoms with van der Waals surface area (Å²) >= 11 is 0. The molecule has 5 nitrogen and oxygen atoms in total. The van der Waals surface area contributed by atoms with Crippen molar-refractivity contribution in [3.63, 3.8) is 0 Å². The first kappa shape index (κ1) is 15.3. The summed E-state index contributed by atoms with van der Waals surface area (Å²) < 4.78 is 21.7. The second-order valence-corrected chi connectivity index (χ2v) is 5.47. The standard InChI is InChI=1S/C15H24O5/c1-5-18-10(3)20-15-13-9(2)6-7-11(13)12(8-19-15)14(16)17-4/h8-11,13,15H,5-7H2,1-4H3. The minimum atomic E-state index is -0.354. The predicted octanol–water partition coefficient (Wildman–Crippen LogP) is 2.46. The summed E-state index contributed by atoms with van der Waals surface area (Å²) in [6, 6.07) is 0. The van der Waals surface area contributed by atoms with E-state index < -0.39 is 0 Å². The maximum atomic E-state index is 11.8. The van der Waals surface area contributed by atoms with Gasteiger partial charge >= 0.3 is 5.97 Å². The minimum absolute atomic E-state index is 0.157. The van der Waals surface area contributed by atoms with Gasteiger partial charge in [-0.05, 0) is 32.6 Å². The van der Waals surface area contributed by atoms with Crippen LogP contribution in [0.1, 0.15) is 33.6 Å². The number of fused-ring (bicyclic) bond motifs is 1. The quantitative estimate of drug-likeness (QED) is 0.573. The fourth-order valence-electron chi connectivity index (χ4n) is 3.27. The van der Waals surface area contributed by atoms with Crippen LogP contribution in [0.25, 0.3) is 0 Å². The zero-order chi connectivity index (χ0) is 14.7. The third-order valence-corrected chi connectivity index (χ3v) is 4.25. The van der Waals surface area contributed by atoms with Crippen molar-refractivity contribution in [2.75, 3.05) is 13.7 Å². The number of esters is 1. The van der Waals surface area contributed by atoms with E-state index in [1.165, 1.54) is 13.4 Å². The first-order valence-corrected chi connectivity index (χ1v) is 7.29. The lowest BCUT2D eigenvalue weighted by atomic mass is 9.83. The monoisotopic (exact) mass is 284 g/mol. The highest BCUT2D eigenvalue weighted by atomic mass is 16.8. The number of carbonyl (C=O) groups is 1. The van der Waals surface area contributed by atoms with E-state index in [9.17, 15) is 4.79 Å². The van der Waals surface area contributed by atoms with E-state index in [2.05, 4.69) is 6.92 Å². The first-order valence-electron chi connectivity index (χ1n) is 7.29. The molecule has 1 aliphatic carbocycles. The molecule has 1 fully saturated rings. The maximum Gasteiger partial charge on any atom is 0.337 e. The zero-order valence-corrected chi connectivity index (χ0v) is 12.6. The molecule has 5 atom stereocenters. The van der Waals surface area contributed by atoms with Gasteiger partial charge in [0, 0.05) is 18.4 Å². The average Bonchev–Trinajstić information content (AvgIpc) is 2.81. The van der Waals surface area contributed by atoms with Crippen molar-refractivity contribution in [2.45, 2.75) is 46.2 Å². The molecule has 0 amide bonds. The van der Waals surface area contributed by atoms with Gasteiger partial charge in [-0.25, -0.2) is 4.79 Å². The number of hydrogen-bond donors (Lipinski definition) is 0. The average molecular weight is 284 g/mol. The second kappa shape index (κ2) is 6.59. The molecule has 5 heteroatoms. The van der Waals surface area contributed by atoms with Gasteiger partial charge in [-0.3, -0.25) is 0 Å². The molecule has 0 saturated heterocycles. The normalized spacial score (nSPS) is 33.9. The summed E-state index contributed by atoms with van der Waals surface area (Å²) in [5.74, 6) is 0.486. The maximum absolute atomic E-state index is 11.8. The Morgan fingerprint density at radius 3 is 2.90 bits per heavy atom. The molecule has 0 bridgehead atoms. The van der Waals surface area contributed by atoms with Gasteiger partial charge in [-0.1, -0.05) is 6.92 Å². The Hall–Kier alpha value is -1.07. The molecule has 0 spiro atoms. The Labute approximate surface area is 120 Å². The van der Waals surface area contributed by atoms with Crippen molar-refractivity contribution in [3.8, 4) is 0 Å². The van der Waals surface area contributed by atoms with E-state index in [1.807, 2.05) is 13.8 Å². The first-order chi connectivity index (χ1) is 9.58. The lowest BCUT2D eigenvalue weighted by Crippen LogP contribution is -2.39. The van der Waals surface area contributed by atoms with Crippen LogP contribution in [0, 0.1) is 17.8 Å². The summed E-state index contributed by atoms with van der Waals surface area (Å²) in [6.45, 7) is 6.57. The Morgan fingerprint density at radius 1 is 1.50 bits per heavy atom. The number of hydrogen-bond acceptors (Lipinski definition) is 5. The van der Waals surface area contributed by atoms with Crippen LogP contribution in [0.4, 0.5) is 0 Å². The Balaban J connectivity index is 2.12. The highest BCUT2D eigenvalue weighted by Gasteiger charge is 2.47. The van der Waals surface area contributed by atoms with Gasteiger partial charge in [0.2, 0.25) is 6.29 Å². The third kappa shape index (κ3) is 2.99. The van der Waals surface area contributed by atoms with Gasteiger partial charge in [-0.15, -0.1) is 0 Å². The molecule has 20 heavy (non-hydrogen) atoms. The number of ether oxygens (including phenoxy) is 4. The van der Waals surface area contributed by atoms with Crippen LogP contribution in [-0.2, 0) is 23.7 Å². The molecule has 0 aromatic heterocycles. The van der Waals surface area contributed by atoms with Crippen LogP contribution in [-0.4, -0.2) is 32.3 Å². The van der Waals surface area contributed by atoms with Crippen LogP contribution < -0.4 is 0 Å². The fourth-order valence-corrected chi connectivity index (χ4v) is 3.27. The largest absolute Gasteiger partial charge is 0.472 e. The van der Waals surface area contributed by atoms with Crippen molar-refractivity contribution >= 4 is 5.97 Å². The molecular weight excluding hydrogens is 260 g/mol. The number of carbonyl (C=O) groups excluding carboxylic acids is 1. The van der Waals surface area contributed by atoms with Crippen LogP contribution >= 0.6 is 0 Å². The molecule has 1 heterocycles. The van der Waals surface area contributed by atoms with Gasteiger partial charge in [0.1, 0.15) is 0 Å². The molecule has 1 aliphatic heterocycles. The molecule has 1 saturated carbocycles. The van der Waals surface area contributed by atoms with E-state index in [1.54, 1.807) is 0 Å². The fraction of sp³-hybridized carbons (Fsp3) is 0.800. The Kier molecular flexibility index (Phi) is 5.05. The molecule has 0 radical (unpaired) electrons. The van der Waals surface area contributed by atoms with Crippen LogP contribution in [0.2, 0.25) is 0 Å². The smallest absolute Gasteiger partial charge is 0.337 e. The van der Waals surface area contributed by atoms with Crippen LogP contribution in [0.15, 0.2) is 11.8 Å². The van der Waals surface area contributed by atoms with Crippen molar-refractivity contribution < 1.29 is 23.7 Å². The van der Waals surface area contributed by atoms with E-state index in [-0.39, 0.29) is 30.4 Å². The van der Waals surface area contributed by atoms with E-state index in [0.29, 0.717) is 18.1 Å². The summed E-state index contributed by atoms with van der Waals surface area (Å²) in [6.07, 6.45) is 2.88. The third-order valence-electron chi connectivity index (χ3n) is 4.25. The van der Waals surface area contributed by atoms with Gasteiger partial charge in [-0.2, -0.15) is 0 Å². The Bertz CT molecular complexity index is 378. The Morgan fingerprint density at radius 2 is 2.25 bits per heavy atom. The second-order valence-electron chi connectivity index (χ2n) is 5.47. The van der Waals surface area contributed by atoms with Gasteiger partial charge in [0.05, 0.1) is 18.9 Å². The summed E-state index contributed by atoms with van der Waals surface area (Å²) in [4.78, 5) is 11.8. The highest BCUT2D eigenvalue weighted by molar-refractivity contribution is 5.88. The van der Waals surface area contributed by atoms with Crippen LogP contribution in [0.5, 0.6) is 0 Å². The number of methoxy groups -OCH3 is 1. The minimum Gasteiger partial charge on any atom is -0.472 e. The lowest BCUT2D eigenvalue weighted by Gasteiger charge is -2.36. The lowest BCUT2D eigenvalue weighted by molar-refractivity contribution is -0.250. The summed E-state index contributed by atoms with van der Waals surface area (Å²) in [5.41, 5.74) is 0.630. The summed E-state index contributed by atoms with van der Waals surface area (Å²) in [5, 5.41) is 0. The highest BCUT2D eigenvalue weighted by Crippen LogP contribution is 2.47. The van der Waals surface area contributed by atoms with E-state index >= 15 is 0 Å². The zero-order valence-electron chi connectivity index (χ0n) is 12.6. The van der Waals surface area contributed by atoms with Crippen molar-refractivity contribution in [1.82, 2.24) is 0 Å². The van der Waals surface area contributed by atoms with E-state index in [4.69, 9.17) is 18.9 Å². The molecule has 114 valence electrons. The molecule has 0 aromatic rings. The van der Waals surface area contributed by atoms with Crippen molar-refractivity contribution in [3.05, 3.63) is 11.8 Å². The predicted molar refractivity (Wildman–Crippen MR) is 72.5 cm³/mol. The van der Waals surface area contributed by atoms with E-state index in [0.717, 1.165) is 12.8 Å². The van der Waals surface area contributed by atoms with Gasteiger partial charge in [0.15, 0.2) is 6.29 Å². The van der Waals surface area contributed by atoms with Crippen molar-refractivity contribution in [2.24, 2.45) is 17.8 Å². The molecule has 5 unspecified atom stereocenters. The molecular formula is C15H24O5. The van der Waals surface area contributed by atoms with Crippen LogP contribution in [0.3, 0.4) is 0 Å². The molecule has 0 N–H and O–H groups in total. The molecule has 0 aromatic carbocycles. The SMILES string of the molecule is CCOC(C)OC1OC=C(C(=O)OC)C2CCC(C)C12.